The van der Waals surface area contributed by atoms with Gasteiger partial charge in [0.05, 0.1) is 11.0 Å². The Morgan fingerprint density at radius 3 is 1.75 bits per heavy atom. The molecule has 0 amide bonds. The van der Waals surface area contributed by atoms with Crippen LogP contribution in [0.5, 0.6) is 0 Å². The first-order chi connectivity index (χ1) is 23.8. The molecule has 0 N–H and O–H groups in total. The van der Waals surface area contributed by atoms with Crippen LogP contribution in [0, 0.1) is 0 Å². The van der Waals surface area contributed by atoms with Crippen molar-refractivity contribution in [2.24, 2.45) is 0 Å². The fourth-order valence-corrected chi connectivity index (χ4v) is 7.25. The van der Waals surface area contributed by atoms with E-state index in [0.717, 1.165) is 60.7 Å². The van der Waals surface area contributed by atoms with Gasteiger partial charge in [0.1, 0.15) is 16.8 Å². The van der Waals surface area contributed by atoms with Crippen molar-refractivity contribution in [2.45, 2.75) is 0 Å². The van der Waals surface area contributed by atoms with E-state index >= 15 is 0 Å². The summed E-state index contributed by atoms with van der Waals surface area (Å²) in [6, 6.07) is 57.3. The minimum Gasteiger partial charge on any atom is -0.452 e. The summed E-state index contributed by atoms with van der Waals surface area (Å²) in [6.07, 6.45) is 0. The fourth-order valence-electron chi connectivity index (χ4n) is 7.25. The van der Waals surface area contributed by atoms with Crippen LogP contribution in [0.4, 0.5) is 0 Å². The summed E-state index contributed by atoms with van der Waals surface area (Å²) in [5.74, 6) is 0.614. The van der Waals surface area contributed by atoms with Crippen molar-refractivity contribution in [3.63, 3.8) is 0 Å². The first-order valence-corrected chi connectivity index (χ1v) is 16.2. The molecule has 0 saturated heterocycles. The second-order valence-corrected chi connectivity index (χ2v) is 12.2. The summed E-state index contributed by atoms with van der Waals surface area (Å²) >= 11 is 0. The molecule has 0 unspecified atom stereocenters. The van der Waals surface area contributed by atoms with Crippen LogP contribution in [0.3, 0.4) is 0 Å². The molecule has 10 aromatic rings. The number of rotatable bonds is 4. The van der Waals surface area contributed by atoms with Crippen LogP contribution in [0.25, 0.3) is 94.1 Å². The Morgan fingerprint density at radius 1 is 0.438 bits per heavy atom. The van der Waals surface area contributed by atoms with Crippen LogP contribution in [0.1, 0.15) is 0 Å². The lowest BCUT2D eigenvalue weighted by Gasteiger charge is -2.14. The van der Waals surface area contributed by atoms with Gasteiger partial charge in [0.15, 0.2) is 5.58 Å². The Bertz CT molecular complexity index is 2770. The van der Waals surface area contributed by atoms with Crippen LogP contribution in [0.15, 0.2) is 168 Å². The van der Waals surface area contributed by atoms with Gasteiger partial charge in [-0.15, -0.1) is 0 Å². The highest BCUT2D eigenvalue weighted by Gasteiger charge is 2.22. The number of hydrogen-bond acceptors (Lipinski definition) is 3. The van der Waals surface area contributed by atoms with Crippen LogP contribution in [-0.2, 0) is 0 Å². The molecule has 0 aliphatic rings. The second kappa shape index (κ2) is 10.5. The van der Waals surface area contributed by atoms with E-state index in [-0.39, 0.29) is 0 Å². The molecule has 0 bridgehead atoms. The SMILES string of the molecule is c1ccc(-c2ccc(-c3cccc4cccc(-c5nc(-n6c7ccccc7c7ccccc76)nc6c5oc5ccccc56)c34)cc2)cc1. The van der Waals surface area contributed by atoms with E-state index in [1.807, 2.05) is 24.3 Å². The van der Waals surface area contributed by atoms with Gasteiger partial charge in [-0.2, -0.15) is 0 Å². The van der Waals surface area contributed by atoms with Crippen LogP contribution < -0.4 is 0 Å². The Morgan fingerprint density at radius 2 is 1.02 bits per heavy atom. The normalized spacial score (nSPS) is 11.8. The number of furan rings is 1. The molecule has 0 fully saturated rings. The molecular weight excluding hydrogens is 587 g/mol. The number of hydrogen-bond donors (Lipinski definition) is 0. The zero-order chi connectivity index (χ0) is 31.6. The van der Waals surface area contributed by atoms with E-state index < -0.39 is 0 Å². The van der Waals surface area contributed by atoms with E-state index in [0.29, 0.717) is 11.5 Å². The van der Waals surface area contributed by atoms with Gasteiger partial charge < -0.3 is 4.42 Å². The molecule has 0 radical (unpaired) electrons. The highest BCUT2D eigenvalue weighted by molar-refractivity contribution is 6.13. The predicted molar refractivity (Wildman–Crippen MR) is 197 cm³/mol. The highest BCUT2D eigenvalue weighted by Crippen LogP contribution is 2.42. The van der Waals surface area contributed by atoms with Crippen molar-refractivity contribution < 1.29 is 4.42 Å². The van der Waals surface area contributed by atoms with E-state index in [1.165, 1.54) is 21.9 Å². The zero-order valence-electron chi connectivity index (χ0n) is 25.8. The molecule has 0 aliphatic heterocycles. The number of benzene rings is 7. The first kappa shape index (κ1) is 26.7. The summed E-state index contributed by atoms with van der Waals surface area (Å²) in [6.45, 7) is 0. The highest BCUT2D eigenvalue weighted by atomic mass is 16.3. The molecule has 10 rings (SSSR count). The molecule has 48 heavy (non-hydrogen) atoms. The first-order valence-electron chi connectivity index (χ1n) is 16.2. The number of fused-ring (bicyclic) bond motifs is 7. The maximum Gasteiger partial charge on any atom is 0.236 e. The van der Waals surface area contributed by atoms with Crippen LogP contribution in [0.2, 0.25) is 0 Å². The summed E-state index contributed by atoms with van der Waals surface area (Å²) < 4.78 is 8.79. The van der Waals surface area contributed by atoms with Gasteiger partial charge in [-0.1, -0.05) is 140 Å². The molecule has 0 aliphatic carbocycles. The summed E-state index contributed by atoms with van der Waals surface area (Å²) in [5, 5.41) is 5.57. The number of nitrogens with zero attached hydrogens (tertiary/aromatic N) is 3. The van der Waals surface area contributed by atoms with Gasteiger partial charge in [0, 0.05) is 21.7 Å². The molecule has 224 valence electrons. The third-order valence-electron chi connectivity index (χ3n) is 9.45. The van der Waals surface area contributed by atoms with Gasteiger partial charge in [-0.05, 0) is 57.3 Å². The molecule has 7 aromatic carbocycles. The molecule has 0 spiro atoms. The van der Waals surface area contributed by atoms with E-state index in [4.69, 9.17) is 14.4 Å². The topological polar surface area (TPSA) is 43.9 Å². The van der Waals surface area contributed by atoms with Gasteiger partial charge in [0.25, 0.3) is 0 Å². The summed E-state index contributed by atoms with van der Waals surface area (Å²) in [7, 11) is 0. The minimum absolute atomic E-state index is 0.614. The maximum atomic E-state index is 6.61. The lowest BCUT2D eigenvalue weighted by atomic mass is 9.92. The Hall–Kier alpha value is -6.52. The van der Waals surface area contributed by atoms with Gasteiger partial charge in [-0.25, -0.2) is 9.97 Å². The number of para-hydroxylation sites is 3. The second-order valence-electron chi connectivity index (χ2n) is 12.2. The summed E-state index contributed by atoms with van der Waals surface area (Å²) in [5.41, 5.74) is 10.9. The van der Waals surface area contributed by atoms with Gasteiger partial charge in [0.2, 0.25) is 5.95 Å². The lowest BCUT2D eigenvalue weighted by Crippen LogP contribution is -2.03. The Balaban J connectivity index is 1.27. The molecule has 3 aromatic heterocycles. The largest absolute Gasteiger partial charge is 0.452 e. The molecular formula is C44H27N3O. The fraction of sp³-hybridized carbons (Fsp3) is 0. The quantitative estimate of drug-likeness (QED) is 0.198. The third-order valence-corrected chi connectivity index (χ3v) is 9.45. The van der Waals surface area contributed by atoms with Crippen molar-refractivity contribution in [2.75, 3.05) is 0 Å². The molecule has 0 atom stereocenters. The van der Waals surface area contributed by atoms with Crippen molar-refractivity contribution in [3.8, 4) is 39.5 Å². The minimum atomic E-state index is 0.614. The average Bonchev–Trinajstić information content (AvgIpc) is 3.70. The molecule has 3 heterocycles. The third kappa shape index (κ3) is 4.03. The van der Waals surface area contributed by atoms with E-state index in [2.05, 4.69) is 144 Å². The smallest absolute Gasteiger partial charge is 0.236 e. The zero-order valence-corrected chi connectivity index (χ0v) is 25.8. The van der Waals surface area contributed by atoms with Crippen molar-refractivity contribution in [3.05, 3.63) is 164 Å². The van der Waals surface area contributed by atoms with Crippen molar-refractivity contribution in [1.29, 1.82) is 0 Å². The molecule has 4 nitrogen and oxygen atoms in total. The predicted octanol–water partition coefficient (Wildman–Crippen LogP) is 11.6. The molecule has 4 heteroatoms. The van der Waals surface area contributed by atoms with E-state index in [9.17, 15) is 0 Å². The van der Waals surface area contributed by atoms with Crippen molar-refractivity contribution >= 4 is 54.6 Å². The maximum absolute atomic E-state index is 6.61. The Kier molecular flexibility index (Phi) is 5.84. The Labute approximate surface area is 276 Å². The molecule has 0 saturated carbocycles. The monoisotopic (exact) mass is 613 g/mol. The van der Waals surface area contributed by atoms with Crippen LogP contribution in [-0.4, -0.2) is 14.5 Å². The lowest BCUT2D eigenvalue weighted by molar-refractivity contribution is 0.666. The standard InChI is InChI=1S/C44H27N3O/c1-2-12-28(13-3-1)29-24-26-30(27-25-29)32-19-10-14-31-15-11-20-36(40(31)32)42-43-41(35-18-6-9-23-39(35)48-43)45-44(46-42)47-37-21-7-4-16-33(37)34-17-5-8-22-38(34)47/h1-27H. The summed E-state index contributed by atoms with van der Waals surface area (Å²) in [4.78, 5) is 10.7. The van der Waals surface area contributed by atoms with Crippen LogP contribution >= 0.6 is 0 Å². The average molecular weight is 614 g/mol. The number of aromatic nitrogens is 3. The van der Waals surface area contributed by atoms with Crippen molar-refractivity contribution in [1.82, 2.24) is 14.5 Å². The van der Waals surface area contributed by atoms with Gasteiger partial charge in [-0.3, -0.25) is 4.57 Å². The van der Waals surface area contributed by atoms with Gasteiger partial charge >= 0.3 is 0 Å². The van der Waals surface area contributed by atoms with E-state index in [1.54, 1.807) is 0 Å².